The van der Waals surface area contributed by atoms with Gasteiger partial charge in [0, 0.05) is 6.42 Å². The lowest BCUT2D eigenvalue weighted by molar-refractivity contribution is 0.335. The first-order chi connectivity index (χ1) is 3.63. The predicted molar refractivity (Wildman–Crippen MR) is 29.3 cm³/mol. The van der Waals surface area contributed by atoms with Gasteiger partial charge in [-0.3, -0.25) is 0 Å². The first-order valence-electron chi connectivity index (χ1n) is 2.10. The molecule has 50 valence electrons. The average molecular weight is 141 g/mol. The van der Waals surface area contributed by atoms with E-state index < -0.39 is 17.4 Å². The zero-order chi connectivity index (χ0) is 6.57. The van der Waals surface area contributed by atoms with E-state index in [1.807, 2.05) is 0 Å². The van der Waals surface area contributed by atoms with Gasteiger partial charge in [0.05, 0.1) is 5.75 Å². The molecule has 0 amide bonds. The Morgan fingerprint density at radius 2 is 2.38 bits per heavy atom. The molecule has 0 aromatic heterocycles. The minimum absolute atomic E-state index is 0.0525. The Hall–Kier alpha value is -0.0000000000000000486. The van der Waals surface area contributed by atoms with Crippen LogP contribution in [-0.4, -0.2) is 20.8 Å². The highest BCUT2D eigenvalue weighted by Crippen LogP contribution is 1.89. The SMILES string of the molecule is NC(F)CCS(=O)O. The molecule has 2 unspecified atom stereocenters. The third-order valence-corrected chi connectivity index (χ3v) is 1.15. The highest BCUT2D eigenvalue weighted by Gasteiger charge is 1.99. The summed E-state index contributed by atoms with van der Waals surface area (Å²) in [5.41, 5.74) is 4.63. The van der Waals surface area contributed by atoms with E-state index in [4.69, 9.17) is 4.55 Å². The molecule has 5 heteroatoms. The quantitative estimate of drug-likeness (QED) is 0.424. The molecule has 0 rings (SSSR count). The molecular formula is C3H8FNO2S. The molecule has 0 saturated heterocycles. The van der Waals surface area contributed by atoms with Gasteiger partial charge in [-0.05, 0) is 0 Å². The summed E-state index contributed by atoms with van der Waals surface area (Å²) in [4.78, 5) is 0. The van der Waals surface area contributed by atoms with Crippen molar-refractivity contribution in [2.75, 3.05) is 5.75 Å². The fourth-order valence-electron chi connectivity index (χ4n) is 0.213. The van der Waals surface area contributed by atoms with Crippen LogP contribution in [0.3, 0.4) is 0 Å². The van der Waals surface area contributed by atoms with Gasteiger partial charge in [-0.15, -0.1) is 0 Å². The van der Waals surface area contributed by atoms with E-state index in [2.05, 4.69) is 5.73 Å². The Balaban J connectivity index is 3.05. The van der Waals surface area contributed by atoms with Crippen molar-refractivity contribution in [3.63, 3.8) is 0 Å². The van der Waals surface area contributed by atoms with E-state index in [-0.39, 0.29) is 12.2 Å². The smallest absolute Gasteiger partial charge is 0.152 e. The maximum Gasteiger partial charge on any atom is 0.152 e. The van der Waals surface area contributed by atoms with Gasteiger partial charge in [0.2, 0.25) is 0 Å². The standard InChI is InChI=1S/C3H8FNO2S/c4-3(5)1-2-8(6)7/h3H,1-2,5H2,(H,6,7). The molecule has 0 bridgehead atoms. The predicted octanol–water partition coefficient (Wildman–Crippen LogP) is -0.147. The molecule has 0 saturated carbocycles. The zero-order valence-corrected chi connectivity index (χ0v) is 5.03. The van der Waals surface area contributed by atoms with E-state index >= 15 is 0 Å². The number of alkyl halides is 1. The Morgan fingerprint density at radius 1 is 1.88 bits per heavy atom. The Morgan fingerprint density at radius 3 is 2.50 bits per heavy atom. The van der Waals surface area contributed by atoms with Crippen molar-refractivity contribution >= 4 is 11.1 Å². The van der Waals surface area contributed by atoms with Crippen molar-refractivity contribution in [2.45, 2.75) is 12.7 Å². The molecule has 3 N–H and O–H groups in total. The molecule has 3 nitrogen and oxygen atoms in total. The molecule has 0 aliphatic heterocycles. The molecule has 0 aliphatic carbocycles. The van der Waals surface area contributed by atoms with E-state index in [1.54, 1.807) is 0 Å². The van der Waals surface area contributed by atoms with Crippen molar-refractivity contribution < 1.29 is 13.2 Å². The lowest BCUT2D eigenvalue weighted by Crippen LogP contribution is -2.15. The summed E-state index contributed by atoms with van der Waals surface area (Å²) in [5.74, 6) is -0.0856. The van der Waals surface area contributed by atoms with Gasteiger partial charge in [0.15, 0.2) is 11.1 Å². The minimum atomic E-state index is -1.91. The molecule has 0 heterocycles. The van der Waals surface area contributed by atoms with Crippen LogP contribution < -0.4 is 5.73 Å². The number of halogens is 1. The molecule has 0 spiro atoms. The van der Waals surface area contributed by atoms with Crippen molar-refractivity contribution in [1.29, 1.82) is 0 Å². The van der Waals surface area contributed by atoms with Crippen LogP contribution >= 0.6 is 0 Å². The molecule has 0 aliphatic rings. The van der Waals surface area contributed by atoms with Crippen molar-refractivity contribution in [1.82, 2.24) is 0 Å². The van der Waals surface area contributed by atoms with Crippen LogP contribution in [0.4, 0.5) is 4.39 Å². The van der Waals surface area contributed by atoms with Crippen LogP contribution in [0.25, 0.3) is 0 Å². The summed E-state index contributed by atoms with van der Waals surface area (Å²) < 4.78 is 29.4. The fraction of sp³-hybridized carbons (Fsp3) is 1.00. The normalized spacial score (nSPS) is 17.9. The maximum absolute atomic E-state index is 11.6. The highest BCUT2D eigenvalue weighted by atomic mass is 32.2. The van der Waals surface area contributed by atoms with E-state index in [9.17, 15) is 8.60 Å². The van der Waals surface area contributed by atoms with Gasteiger partial charge < -0.3 is 10.3 Å². The van der Waals surface area contributed by atoms with Gasteiger partial charge >= 0.3 is 0 Å². The monoisotopic (exact) mass is 141 g/mol. The molecule has 8 heavy (non-hydrogen) atoms. The highest BCUT2D eigenvalue weighted by molar-refractivity contribution is 7.79. The van der Waals surface area contributed by atoms with Crippen molar-refractivity contribution in [3.05, 3.63) is 0 Å². The molecular weight excluding hydrogens is 133 g/mol. The summed E-state index contributed by atoms with van der Waals surface area (Å²) in [5, 5.41) is 0. The molecule has 0 radical (unpaired) electrons. The van der Waals surface area contributed by atoms with Gasteiger partial charge in [-0.1, -0.05) is 0 Å². The first-order valence-corrected chi connectivity index (χ1v) is 3.37. The van der Waals surface area contributed by atoms with Crippen molar-refractivity contribution in [3.8, 4) is 0 Å². The summed E-state index contributed by atoms with van der Waals surface area (Å²) >= 11 is -1.91. The number of nitrogens with two attached hydrogens (primary N) is 1. The number of hydrogen-bond donors (Lipinski definition) is 2. The molecule has 0 aromatic rings. The topological polar surface area (TPSA) is 63.3 Å². The average Bonchev–Trinajstić information content (AvgIpc) is 1.61. The first kappa shape index (κ1) is 8.00. The van der Waals surface area contributed by atoms with Crippen LogP contribution in [0.15, 0.2) is 0 Å². The molecule has 0 fully saturated rings. The van der Waals surface area contributed by atoms with E-state index in [0.717, 1.165) is 0 Å². The number of rotatable bonds is 3. The maximum atomic E-state index is 11.6. The van der Waals surface area contributed by atoms with Gasteiger partial charge in [-0.2, -0.15) is 0 Å². The summed E-state index contributed by atoms with van der Waals surface area (Å²) in [6, 6.07) is 0. The second kappa shape index (κ2) is 3.94. The third-order valence-electron chi connectivity index (χ3n) is 0.568. The third kappa shape index (κ3) is 6.00. The zero-order valence-electron chi connectivity index (χ0n) is 4.21. The summed E-state index contributed by atoms with van der Waals surface area (Å²) in [7, 11) is 0. The van der Waals surface area contributed by atoms with Crippen molar-refractivity contribution in [2.24, 2.45) is 5.73 Å². The Bertz CT molecular complexity index is 87.4. The van der Waals surface area contributed by atoms with Crippen LogP contribution in [0.2, 0.25) is 0 Å². The van der Waals surface area contributed by atoms with Gasteiger partial charge in [-0.25, -0.2) is 8.60 Å². The Labute approximate surface area is 49.4 Å². The fourth-order valence-corrected chi connectivity index (χ4v) is 0.640. The molecule has 2 atom stereocenters. The Kier molecular flexibility index (Phi) is 3.94. The summed E-state index contributed by atoms with van der Waals surface area (Å²) in [6.45, 7) is 0. The van der Waals surface area contributed by atoms with Crippen LogP contribution in [-0.2, 0) is 11.1 Å². The lowest BCUT2D eigenvalue weighted by atomic mass is 10.5. The van der Waals surface area contributed by atoms with Gasteiger partial charge in [0.25, 0.3) is 0 Å². The second-order valence-corrected chi connectivity index (χ2v) is 2.38. The van der Waals surface area contributed by atoms with Crippen LogP contribution in [0.5, 0.6) is 0 Å². The minimum Gasteiger partial charge on any atom is -0.306 e. The van der Waals surface area contributed by atoms with Crippen LogP contribution in [0.1, 0.15) is 6.42 Å². The van der Waals surface area contributed by atoms with Crippen LogP contribution in [0, 0.1) is 0 Å². The number of hydrogen-bond acceptors (Lipinski definition) is 2. The van der Waals surface area contributed by atoms with Gasteiger partial charge in [0.1, 0.15) is 6.30 Å². The largest absolute Gasteiger partial charge is 0.306 e. The lowest BCUT2D eigenvalue weighted by Gasteiger charge is -1.95. The molecule has 0 aromatic carbocycles. The van der Waals surface area contributed by atoms with E-state index in [0.29, 0.717) is 0 Å². The summed E-state index contributed by atoms with van der Waals surface area (Å²) in [6.07, 6.45) is -1.52. The second-order valence-electron chi connectivity index (χ2n) is 1.33. The van der Waals surface area contributed by atoms with E-state index in [1.165, 1.54) is 0 Å².